The predicted molar refractivity (Wildman–Crippen MR) is 59.0 cm³/mol. The van der Waals surface area contributed by atoms with Gasteiger partial charge in [-0.1, -0.05) is 0 Å². The molecule has 0 rings (SSSR count). The monoisotopic (exact) mass is 301 g/mol. The summed E-state index contributed by atoms with van der Waals surface area (Å²) in [5, 5.41) is 0. The molecular weight excluding hydrogens is 286 g/mol. The van der Waals surface area contributed by atoms with E-state index >= 15 is 0 Å². The third-order valence-electron chi connectivity index (χ3n) is 1.18. The van der Waals surface area contributed by atoms with Crippen LogP contribution in [0.15, 0.2) is 18.6 Å². The molecule has 0 fully saturated rings. The van der Waals surface area contributed by atoms with Crippen LogP contribution in [0.25, 0.3) is 0 Å². The Morgan fingerprint density at radius 1 is 1.58 bits per heavy atom. The molecule has 12 heavy (non-hydrogen) atoms. The number of guanidine groups is 1. The van der Waals surface area contributed by atoms with Crippen LogP contribution in [-0.2, 0) is 0 Å². The SMILES string of the molecule is C=NC(N)=N/C([Te]C)=C(\C)SC. The third kappa shape index (κ3) is 4.15. The van der Waals surface area contributed by atoms with E-state index in [0.717, 1.165) is 3.74 Å². The van der Waals surface area contributed by atoms with Crippen LogP contribution < -0.4 is 5.73 Å². The number of hydrogen-bond donors (Lipinski definition) is 1. The molecule has 68 valence electrons. The molecule has 0 bridgehead atoms. The van der Waals surface area contributed by atoms with E-state index in [2.05, 4.69) is 21.7 Å². The minimum atomic E-state index is -0.206. The van der Waals surface area contributed by atoms with Crippen molar-refractivity contribution in [3.05, 3.63) is 8.65 Å². The molecule has 0 atom stereocenters. The second-order valence-electron chi connectivity index (χ2n) is 1.90. The second kappa shape index (κ2) is 6.53. The van der Waals surface area contributed by atoms with Crippen LogP contribution in [0.4, 0.5) is 0 Å². The Morgan fingerprint density at radius 3 is 2.50 bits per heavy atom. The minimum absolute atomic E-state index is 0.206. The van der Waals surface area contributed by atoms with Crippen molar-refractivity contribution in [3.63, 3.8) is 0 Å². The second-order valence-corrected chi connectivity index (χ2v) is 5.19. The summed E-state index contributed by atoms with van der Waals surface area (Å²) in [5.74, 6) is 0.269. The van der Waals surface area contributed by atoms with Crippen LogP contribution >= 0.6 is 11.8 Å². The van der Waals surface area contributed by atoms with E-state index in [1.807, 2.05) is 13.2 Å². The van der Waals surface area contributed by atoms with E-state index < -0.39 is 0 Å². The average Bonchev–Trinajstić information content (AvgIpc) is 2.12. The van der Waals surface area contributed by atoms with Gasteiger partial charge in [0.05, 0.1) is 0 Å². The summed E-state index contributed by atoms with van der Waals surface area (Å²) >= 11 is 1.49. The van der Waals surface area contributed by atoms with Crippen molar-refractivity contribution in [1.29, 1.82) is 0 Å². The van der Waals surface area contributed by atoms with Crippen molar-refractivity contribution >= 4 is 45.4 Å². The molecule has 0 aromatic carbocycles. The van der Waals surface area contributed by atoms with E-state index in [0.29, 0.717) is 0 Å². The van der Waals surface area contributed by atoms with Gasteiger partial charge in [0.15, 0.2) is 0 Å². The molecule has 0 amide bonds. The van der Waals surface area contributed by atoms with Gasteiger partial charge in [-0.3, -0.25) is 0 Å². The van der Waals surface area contributed by atoms with Gasteiger partial charge in [0.25, 0.3) is 0 Å². The topological polar surface area (TPSA) is 50.7 Å². The number of aliphatic imine (C=N–C) groups is 2. The maximum absolute atomic E-state index is 5.44. The summed E-state index contributed by atoms with van der Waals surface area (Å²) in [4.78, 5) is 11.1. The zero-order chi connectivity index (χ0) is 9.56. The molecular formula is C7H13N3STe. The van der Waals surface area contributed by atoms with Crippen molar-refractivity contribution in [1.82, 2.24) is 0 Å². The first-order chi connectivity index (χ1) is 5.65. The van der Waals surface area contributed by atoms with Crippen molar-refractivity contribution in [2.45, 2.75) is 11.9 Å². The molecule has 0 heterocycles. The summed E-state index contributed by atoms with van der Waals surface area (Å²) < 4.78 is 1.11. The van der Waals surface area contributed by atoms with Gasteiger partial charge in [-0.15, -0.1) is 0 Å². The van der Waals surface area contributed by atoms with E-state index in [9.17, 15) is 0 Å². The third-order valence-corrected chi connectivity index (χ3v) is 4.63. The summed E-state index contributed by atoms with van der Waals surface area (Å²) in [6.07, 6.45) is 2.03. The average molecular weight is 299 g/mol. The first-order valence-corrected chi connectivity index (χ1v) is 7.97. The fourth-order valence-electron chi connectivity index (χ4n) is 0.495. The van der Waals surface area contributed by atoms with Gasteiger partial charge < -0.3 is 0 Å². The molecule has 0 aliphatic rings. The normalized spacial score (nSPS) is 14.1. The molecule has 0 spiro atoms. The zero-order valence-electron chi connectivity index (χ0n) is 7.50. The number of allylic oxidation sites excluding steroid dienone is 1. The van der Waals surface area contributed by atoms with Gasteiger partial charge in [0.1, 0.15) is 0 Å². The first kappa shape index (κ1) is 12.0. The standard InChI is InChI=1S/C7H13N3STe/c1-5(11-3)6(12-4)10-7(8)9-2/h2H2,1,3-4H3,(H2,8,10)/b6-5-. The number of thioether (sulfide) groups is 1. The van der Waals surface area contributed by atoms with Gasteiger partial charge in [-0.25, -0.2) is 0 Å². The van der Waals surface area contributed by atoms with Crippen molar-refractivity contribution in [3.8, 4) is 0 Å². The van der Waals surface area contributed by atoms with Crippen LogP contribution in [0.3, 0.4) is 0 Å². The van der Waals surface area contributed by atoms with Crippen molar-refractivity contribution in [2.24, 2.45) is 15.7 Å². The van der Waals surface area contributed by atoms with Gasteiger partial charge in [-0.05, 0) is 0 Å². The van der Waals surface area contributed by atoms with Crippen molar-refractivity contribution in [2.75, 3.05) is 6.26 Å². The fourth-order valence-corrected chi connectivity index (χ4v) is 3.34. The summed E-state index contributed by atoms with van der Waals surface area (Å²) in [7, 11) is 0. The molecule has 2 N–H and O–H groups in total. The number of nitrogens with two attached hydrogens (primary N) is 1. The van der Waals surface area contributed by atoms with Crippen LogP contribution in [0.1, 0.15) is 6.92 Å². The molecule has 0 aromatic rings. The zero-order valence-corrected chi connectivity index (χ0v) is 10.6. The van der Waals surface area contributed by atoms with Crippen LogP contribution in [0, 0.1) is 0 Å². The van der Waals surface area contributed by atoms with Crippen LogP contribution in [-0.4, -0.2) is 39.9 Å². The Labute approximate surface area is 87.7 Å². The number of nitrogens with zero attached hydrogens (tertiary/aromatic N) is 2. The molecule has 0 saturated carbocycles. The Bertz CT molecular complexity index is 223. The molecule has 5 heteroatoms. The first-order valence-electron chi connectivity index (χ1n) is 3.25. The number of rotatable bonds is 3. The van der Waals surface area contributed by atoms with Crippen LogP contribution in [0.5, 0.6) is 0 Å². The van der Waals surface area contributed by atoms with Gasteiger partial charge in [0.2, 0.25) is 0 Å². The van der Waals surface area contributed by atoms with Crippen molar-refractivity contribution < 1.29 is 0 Å². The molecule has 0 aliphatic carbocycles. The Balaban J connectivity index is 4.68. The number of hydrogen-bond acceptors (Lipinski definition) is 2. The van der Waals surface area contributed by atoms with Gasteiger partial charge >= 0.3 is 87.9 Å². The summed E-state index contributed by atoms with van der Waals surface area (Å²) in [5.41, 5.74) is 5.44. The summed E-state index contributed by atoms with van der Waals surface area (Å²) in [6.45, 7) is 5.36. The van der Waals surface area contributed by atoms with Gasteiger partial charge in [-0.2, -0.15) is 0 Å². The maximum atomic E-state index is 5.44. The quantitative estimate of drug-likeness (QED) is 0.485. The van der Waals surface area contributed by atoms with Gasteiger partial charge in [0, 0.05) is 0 Å². The van der Waals surface area contributed by atoms with Crippen LogP contribution in [0.2, 0.25) is 4.97 Å². The Morgan fingerprint density at radius 2 is 2.17 bits per heavy atom. The molecule has 0 radical (unpaired) electrons. The Kier molecular flexibility index (Phi) is 6.54. The predicted octanol–water partition coefficient (Wildman–Crippen LogP) is 1.31. The van der Waals surface area contributed by atoms with E-state index in [1.54, 1.807) is 11.8 Å². The molecule has 0 aliphatic heterocycles. The Hall–Kier alpha value is 0.0196. The molecule has 0 saturated heterocycles. The van der Waals surface area contributed by atoms with E-state index in [1.165, 1.54) is 4.91 Å². The summed E-state index contributed by atoms with van der Waals surface area (Å²) in [6, 6.07) is 0. The fraction of sp³-hybridized carbons (Fsp3) is 0.429. The van der Waals surface area contributed by atoms with E-state index in [-0.39, 0.29) is 26.9 Å². The van der Waals surface area contributed by atoms with E-state index in [4.69, 9.17) is 5.73 Å². The molecule has 0 aromatic heterocycles. The molecule has 0 unspecified atom stereocenters. The molecule has 3 nitrogen and oxygen atoms in total.